The number of ether oxygens (including phenoxy) is 1. The number of nitrogens with zero attached hydrogens (tertiary/aromatic N) is 3. The van der Waals surface area contributed by atoms with E-state index in [1.165, 1.54) is 6.07 Å². The zero-order chi connectivity index (χ0) is 24.6. The van der Waals surface area contributed by atoms with Crippen LogP contribution in [0.3, 0.4) is 0 Å². The van der Waals surface area contributed by atoms with E-state index in [1.807, 2.05) is 30.5 Å². The van der Waals surface area contributed by atoms with Crippen LogP contribution in [0, 0.1) is 5.82 Å². The molecule has 0 aliphatic carbocycles. The molecule has 3 heterocycles. The molecule has 1 aromatic carbocycles. The number of hydrogen-bond acceptors (Lipinski definition) is 7. The Labute approximate surface area is 210 Å². The number of carbonyl (C=O) groups excluding carboxylic acids is 2. The SMILES string of the molecule is C[C@H](NC(=O)C(=O)NCCN1CCOCC1)[C@@H](c1cccs1)N1CCN(c2ccccc2F)CC1. The summed E-state index contributed by atoms with van der Waals surface area (Å²) >= 11 is 1.63. The van der Waals surface area contributed by atoms with Crippen LogP contribution in [0.5, 0.6) is 0 Å². The van der Waals surface area contributed by atoms with E-state index in [2.05, 4.69) is 31.4 Å². The first-order valence-electron chi connectivity index (χ1n) is 12.2. The van der Waals surface area contributed by atoms with Crippen LogP contribution in [0.2, 0.25) is 0 Å². The maximum Gasteiger partial charge on any atom is 0.309 e. The minimum absolute atomic E-state index is 0.0668. The van der Waals surface area contributed by atoms with E-state index < -0.39 is 11.8 Å². The average molecular weight is 504 g/mol. The summed E-state index contributed by atoms with van der Waals surface area (Å²) in [5, 5.41) is 7.66. The number of benzene rings is 1. The highest BCUT2D eigenvalue weighted by Gasteiger charge is 2.32. The molecular weight excluding hydrogens is 469 g/mol. The van der Waals surface area contributed by atoms with E-state index in [0.29, 0.717) is 45.1 Å². The molecule has 2 aromatic rings. The number of amides is 2. The molecule has 2 aliphatic rings. The molecule has 35 heavy (non-hydrogen) atoms. The number of halogens is 1. The predicted molar refractivity (Wildman–Crippen MR) is 135 cm³/mol. The Balaban J connectivity index is 1.32. The van der Waals surface area contributed by atoms with Crippen molar-refractivity contribution in [1.29, 1.82) is 0 Å². The Morgan fingerprint density at radius 3 is 2.46 bits per heavy atom. The summed E-state index contributed by atoms with van der Waals surface area (Å²) in [6, 6.07) is 10.6. The molecule has 2 amide bonds. The van der Waals surface area contributed by atoms with Crippen molar-refractivity contribution >= 4 is 28.8 Å². The van der Waals surface area contributed by atoms with E-state index in [0.717, 1.165) is 31.1 Å². The highest BCUT2D eigenvalue weighted by Crippen LogP contribution is 2.30. The molecule has 0 spiro atoms. The second kappa shape index (κ2) is 12.4. The van der Waals surface area contributed by atoms with Crippen molar-refractivity contribution in [2.24, 2.45) is 0 Å². The van der Waals surface area contributed by atoms with Gasteiger partial charge in [0.25, 0.3) is 0 Å². The van der Waals surface area contributed by atoms with Gasteiger partial charge in [0.05, 0.1) is 24.9 Å². The number of piperazine rings is 1. The van der Waals surface area contributed by atoms with Gasteiger partial charge in [0.2, 0.25) is 0 Å². The fourth-order valence-corrected chi connectivity index (χ4v) is 5.70. The van der Waals surface area contributed by atoms with Crippen LogP contribution in [0.25, 0.3) is 0 Å². The zero-order valence-electron chi connectivity index (χ0n) is 20.1. The maximum atomic E-state index is 14.2. The van der Waals surface area contributed by atoms with Gasteiger partial charge in [-0.1, -0.05) is 18.2 Å². The van der Waals surface area contributed by atoms with Crippen LogP contribution in [0.4, 0.5) is 10.1 Å². The van der Waals surface area contributed by atoms with E-state index in [9.17, 15) is 14.0 Å². The van der Waals surface area contributed by atoms with Crippen molar-refractivity contribution in [1.82, 2.24) is 20.4 Å². The van der Waals surface area contributed by atoms with Crippen molar-refractivity contribution in [3.05, 3.63) is 52.5 Å². The minimum Gasteiger partial charge on any atom is -0.379 e. The molecule has 8 nitrogen and oxygen atoms in total. The molecule has 2 atom stereocenters. The van der Waals surface area contributed by atoms with Crippen LogP contribution in [0.1, 0.15) is 17.8 Å². The summed E-state index contributed by atoms with van der Waals surface area (Å²) in [5.41, 5.74) is 0.620. The highest BCUT2D eigenvalue weighted by molar-refractivity contribution is 7.10. The third kappa shape index (κ3) is 6.78. The van der Waals surface area contributed by atoms with E-state index in [1.54, 1.807) is 17.4 Å². The van der Waals surface area contributed by atoms with Gasteiger partial charge in [-0.25, -0.2) is 4.39 Å². The van der Waals surface area contributed by atoms with Crippen molar-refractivity contribution in [2.45, 2.75) is 19.0 Å². The molecule has 0 saturated carbocycles. The van der Waals surface area contributed by atoms with E-state index in [-0.39, 0.29) is 17.9 Å². The molecule has 0 radical (unpaired) electrons. The predicted octanol–water partition coefficient (Wildman–Crippen LogP) is 1.70. The van der Waals surface area contributed by atoms with Gasteiger partial charge in [-0.05, 0) is 30.5 Å². The zero-order valence-corrected chi connectivity index (χ0v) is 20.9. The Kier molecular flexibility index (Phi) is 9.08. The molecular formula is C25H34FN5O3S. The lowest BCUT2D eigenvalue weighted by Gasteiger charge is -2.42. The lowest BCUT2D eigenvalue weighted by molar-refractivity contribution is -0.139. The smallest absolute Gasteiger partial charge is 0.309 e. The first-order valence-corrected chi connectivity index (χ1v) is 13.1. The molecule has 1 aromatic heterocycles. The number of morpholine rings is 1. The highest BCUT2D eigenvalue weighted by atomic mass is 32.1. The number of carbonyl (C=O) groups is 2. The fourth-order valence-electron chi connectivity index (χ4n) is 4.74. The molecule has 190 valence electrons. The quantitative estimate of drug-likeness (QED) is 0.534. The van der Waals surface area contributed by atoms with Crippen LogP contribution in [0.15, 0.2) is 41.8 Å². The van der Waals surface area contributed by atoms with Gasteiger partial charge in [-0.3, -0.25) is 19.4 Å². The van der Waals surface area contributed by atoms with Gasteiger partial charge in [0.1, 0.15) is 5.82 Å². The number of anilines is 1. The molecule has 0 bridgehead atoms. The summed E-state index contributed by atoms with van der Waals surface area (Å²) in [5.74, 6) is -1.44. The fraction of sp³-hybridized carbons (Fsp3) is 0.520. The third-order valence-corrected chi connectivity index (χ3v) is 7.53. The van der Waals surface area contributed by atoms with Gasteiger partial charge in [-0.2, -0.15) is 0 Å². The van der Waals surface area contributed by atoms with Crippen molar-refractivity contribution < 1.29 is 18.7 Å². The van der Waals surface area contributed by atoms with Gasteiger partial charge < -0.3 is 20.3 Å². The summed E-state index contributed by atoms with van der Waals surface area (Å²) in [6.45, 7) is 8.96. The topological polar surface area (TPSA) is 77.1 Å². The third-order valence-electron chi connectivity index (χ3n) is 6.59. The molecule has 0 unspecified atom stereocenters. The summed E-state index contributed by atoms with van der Waals surface area (Å²) in [6.07, 6.45) is 0. The summed E-state index contributed by atoms with van der Waals surface area (Å²) in [7, 11) is 0. The Morgan fingerprint density at radius 1 is 1.03 bits per heavy atom. The number of thiophene rings is 1. The number of hydrogen-bond donors (Lipinski definition) is 2. The second-order valence-electron chi connectivity index (χ2n) is 8.91. The van der Waals surface area contributed by atoms with Gasteiger partial charge in [0.15, 0.2) is 0 Å². The standard InChI is InChI=1S/C25H34FN5O3S/c1-19(28-25(33)24(32)27-8-9-29-14-16-34-17-15-29)23(22-7-4-18-35-22)31-12-10-30(11-13-31)21-6-3-2-5-20(21)26/h2-7,18-19,23H,8-17H2,1H3,(H,27,32)(H,28,33)/t19-,23-/m0/s1. The largest absolute Gasteiger partial charge is 0.379 e. The van der Waals surface area contributed by atoms with Gasteiger partial charge >= 0.3 is 11.8 Å². The summed E-state index contributed by atoms with van der Waals surface area (Å²) < 4.78 is 19.6. The maximum absolute atomic E-state index is 14.2. The van der Waals surface area contributed by atoms with E-state index in [4.69, 9.17) is 4.74 Å². The van der Waals surface area contributed by atoms with Crippen LogP contribution in [-0.2, 0) is 14.3 Å². The number of rotatable bonds is 8. The first kappa shape index (κ1) is 25.6. The summed E-state index contributed by atoms with van der Waals surface area (Å²) in [4.78, 5) is 32.8. The molecule has 2 aliphatic heterocycles. The van der Waals surface area contributed by atoms with Crippen molar-refractivity contribution in [3.63, 3.8) is 0 Å². The average Bonchev–Trinajstić information content (AvgIpc) is 3.40. The van der Waals surface area contributed by atoms with E-state index >= 15 is 0 Å². The van der Waals surface area contributed by atoms with Gasteiger partial charge in [0, 0.05) is 63.3 Å². The Hall–Kier alpha value is -2.53. The molecule has 2 fully saturated rings. The lowest BCUT2D eigenvalue weighted by atomic mass is 10.0. The van der Waals surface area contributed by atoms with Crippen LogP contribution < -0.4 is 15.5 Å². The number of para-hydroxylation sites is 1. The number of nitrogens with one attached hydrogen (secondary N) is 2. The lowest BCUT2D eigenvalue weighted by Crippen LogP contribution is -2.54. The second-order valence-corrected chi connectivity index (χ2v) is 9.89. The Bertz CT molecular complexity index is 962. The normalized spacial score (nSPS) is 19.2. The molecule has 4 rings (SSSR count). The van der Waals surface area contributed by atoms with Crippen LogP contribution >= 0.6 is 11.3 Å². The molecule has 2 saturated heterocycles. The molecule has 2 N–H and O–H groups in total. The first-order chi connectivity index (χ1) is 17.0. The van der Waals surface area contributed by atoms with Crippen molar-refractivity contribution in [2.75, 3.05) is 70.5 Å². The minimum atomic E-state index is -0.619. The Morgan fingerprint density at radius 2 is 1.77 bits per heavy atom. The van der Waals surface area contributed by atoms with Gasteiger partial charge in [-0.15, -0.1) is 11.3 Å². The van der Waals surface area contributed by atoms with Crippen LogP contribution in [-0.4, -0.2) is 93.2 Å². The van der Waals surface area contributed by atoms with Crippen molar-refractivity contribution in [3.8, 4) is 0 Å². The monoisotopic (exact) mass is 503 g/mol. The molecule has 10 heteroatoms.